The van der Waals surface area contributed by atoms with Crippen LogP contribution in [0.4, 0.5) is 4.39 Å². The maximum absolute atomic E-state index is 13.0. The van der Waals surface area contributed by atoms with Gasteiger partial charge in [0.2, 0.25) is 0 Å². The first-order valence-corrected chi connectivity index (χ1v) is 7.06. The highest BCUT2D eigenvalue weighted by molar-refractivity contribution is 5.33. The van der Waals surface area contributed by atoms with Crippen molar-refractivity contribution in [2.24, 2.45) is 0 Å². The molecular weight excluding hydrogens is 249 g/mol. The molecule has 0 saturated heterocycles. The molecule has 2 rings (SSSR count). The van der Waals surface area contributed by atoms with Crippen LogP contribution in [0.5, 0.6) is 0 Å². The Bertz CT molecular complexity index is 574. The molecule has 2 unspecified atom stereocenters. The first-order valence-electron chi connectivity index (χ1n) is 7.06. The molecule has 2 aromatic carbocycles. The van der Waals surface area contributed by atoms with Crippen LogP contribution in [0.1, 0.15) is 48.2 Å². The van der Waals surface area contributed by atoms with E-state index in [2.05, 4.69) is 51.2 Å². The average molecular weight is 271 g/mol. The van der Waals surface area contributed by atoms with Crippen LogP contribution in [0.2, 0.25) is 0 Å². The Kier molecular flexibility index (Phi) is 4.56. The second kappa shape index (κ2) is 6.19. The van der Waals surface area contributed by atoms with Crippen molar-refractivity contribution in [3.63, 3.8) is 0 Å². The Hall–Kier alpha value is -1.67. The molecule has 0 heterocycles. The number of nitrogens with one attached hydrogen (secondary N) is 1. The van der Waals surface area contributed by atoms with Gasteiger partial charge in [-0.25, -0.2) is 4.39 Å². The van der Waals surface area contributed by atoms with Gasteiger partial charge in [-0.15, -0.1) is 0 Å². The van der Waals surface area contributed by atoms with Gasteiger partial charge in [0, 0.05) is 12.1 Å². The summed E-state index contributed by atoms with van der Waals surface area (Å²) in [5, 5.41) is 3.58. The monoisotopic (exact) mass is 271 g/mol. The minimum Gasteiger partial charge on any atom is -0.304 e. The first-order chi connectivity index (χ1) is 9.47. The topological polar surface area (TPSA) is 12.0 Å². The van der Waals surface area contributed by atoms with E-state index in [4.69, 9.17) is 0 Å². The number of halogens is 1. The third-order valence-electron chi connectivity index (χ3n) is 3.77. The van der Waals surface area contributed by atoms with E-state index in [9.17, 15) is 4.39 Å². The van der Waals surface area contributed by atoms with Crippen molar-refractivity contribution in [1.29, 1.82) is 0 Å². The molecule has 1 N–H and O–H groups in total. The van der Waals surface area contributed by atoms with Crippen molar-refractivity contribution in [2.75, 3.05) is 0 Å². The second-order valence-corrected chi connectivity index (χ2v) is 5.52. The summed E-state index contributed by atoms with van der Waals surface area (Å²) >= 11 is 0. The summed E-state index contributed by atoms with van der Waals surface area (Å²) in [4.78, 5) is 0. The largest absolute Gasteiger partial charge is 0.304 e. The van der Waals surface area contributed by atoms with Crippen molar-refractivity contribution in [1.82, 2.24) is 5.32 Å². The zero-order chi connectivity index (χ0) is 14.7. The fraction of sp³-hybridized carbons (Fsp3) is 0.333. The van der Waals surface area contributed by atoms with E-state index < -0.39 is 0 Å². The van der Waals surface area contributed by atoms with E-state index in [-0.39, 0.29) is 17.9 Å². The Morgan fingerprint density at radius 2 is 1.55 bits per heavy atom. The lowest BCUT2D eigenvalue weighted by Crippen LogP contribution is -2.23. The Morgan fingerprint density at radius 3 is 2.20 bits per heavy atom. The number of hydrogen-bond acceptors (Lipinski definition) is 1. The summed E-state index contributed by atoms with van der Waals surface area (Å²) in [6.07, 6.45) is 0. The summed E-state index contributed by atoms with van der Waals surface area (Å²) < 4.78 is 13.0. The van der Waals surface area contributed by atoms with Gasteiger partial charge in [-0.05, 0) is 56.5 Å². The van der Waals surface area contributed by atoms with Crippen molar-refractivity contribution in [2.45, 2.75) is 39.8 Å². The van der Waals surface area contributed by atoms with Gasteiger partial charge in [-0.3, -0.25) is 0 Å². The molecule has 1 nitrogen and oxygen atoms in total. The first kappa shape index (κ1) is 14.7. The molecule has 2 atom stereocenters. The van der Waals surface area contributed by atoms with Gasteiger partial charge in [0.15, 0.2) is 0 Å². The van der Waals surface area contributed by atoms with Gasteiger partial charge >= 0.3 is 0 Å². The molecule has 0 spiro atoms. The van der Waals surface area contributed by atoms with Crippen LogP contribution in [-0.4, -0.2) is 0 Å². The maximum Gasteiger partial charge on any atom is 0.123 e. The summed E-state index contributed by atoms with van der Waals surface area (Å²) in [7, 11) is 0. The highest BCUT2D eigenvalue weighted by atomic mass is 19.1. The quantitative estimate of drug-likeness (QED) is 0.837. The standard InChI is InChI=1S/C18H22FN/c1-12-5-6-13(2)18(11-12)15(4)20-14(3)16-7-9-17(19)10-8-16/h5-11,14-15,20H,1-4H3. The molecule has 0 aromatic heterocycles. The van der Waals surface area contributed by atoms with Crippen LogP contribution in [0.3, 0.4) is 0 Å². The molecule has 0 bridgehead atoms. The van der Waals surface area contributed by atoms with E-state index in [1.165, 1.54) is 28.8 Å². The van der Waals surface area contributed by atoms with Gasteiger partial charge in [0.1, 0.15) is 5.82 Å². The third-order valence-corrected chi connectivity index (χ3v) is 3.77. The van der Waals surface area contributed by atoms with Crippen LogP contribution in [0.25, 0.3) is 0 Å². The predicted molar refractivity (Wildman–Crippen MR) is 82.3 cm³/mol. The number of hydrogen-bond donors (Lipinski definition) is 1. The van der Waals surface area contributed by atoms with Gasteiger partial charge in [0.25, 0.3) is 0 Å². The zero-order valence-corrected chi connectivity index (χ0v) is 12.6. The van der Waals surface area contributed by atoms with Crippen molar-refractivity contribution in [3.8, 4) is 0 Å². The number of aryl methyl sites for hydroxylation is 2. The Balaban J connectivity index is 2.12. The van der Waals surface area contributed by atoms with Crippen LogP contribution in [0, 0.1) is 19.7 Å². The summed E-state index contributed by atoms with van der Waals surface area (Å²) in [5.41, 5.74) is 4.98. The number of benzene rings is 2. The van der Waals surface area contributed by atoms with Crippen molar-refractivity contribution < 1.29 is 4.39 Å². The molecular formula is C18H22FN. The van der Waals surface area contributed by atoms with E-state index in [0.717, 1.165) is 5.56 Å². The molecule has 0 saturated carbocycles. The fourth-order valence-electron chi connectivity index (χ4n) is 2.54. The van der Waals surface area contributed by atoms with Crippen LogP contribution in [-0.2, 0) is 0 Å². The molecule has 20 heavy (non-hydrogen) atoms. The van der Waals surface area contributed by atoms with Gasteiger partial charge in [0.05, 0.1) is 0 Å². The summed E-state index contributed by atoms with van der Waals surface area (Å²) in [6, 6.07) is 13.7. The molecule has 0 aliphatic rings. The summed E-state index contributed by atoms with van der Waals surface area (Å²) in [5.74, 6) is -0.191. The predicted octanol–water partition coefficient (Wildman–Crippen LogP) is 4.85. The van der Waals surface area contributed by atoms with Crippen molar-refractivity contribution in [3.05, 3.63) is 70.5 Å². The highest BCUT2D eigenvalue weighted by Crippen LogP contribution is 2.23. The molecule has 2 aromatic rings. The van der Waals surface area contributed by atoms with E-state index >= 15 is 0 Å². The highest BCUT2D eigenvalue weighted by Gasteiger charge is 2.13. The number of rotatable bonds is 4. The molecule has 2 heteroatoms. The molecule has 0 fully saturated rings. The smallest absolute Gasteiger partial charge is 0.123 e. The third kappa shape index (κ3) is 3.45. The van der Waals surface area contributed by atoms with Crippen molar-refractivity contribution >= 4 is 0 Å². The molecule has 106 valence electrons. The lowest BCUT2D eigenvalue weighted by atomic mass is 9.98. The van der Waals surface area contributed by atoms with E-state index in [1.807, 2.05) is 12.1 Å². The van der Waals surface area contributed by atoms with Crippen LogP contribution < -0.4 is 5.32 Å². The van der Waals surface area contributed by atoms with Gasteiger partial charge in [-0.1, -0.05) is 35.9 Å². The molecule has 0 amide bonds. The Labute approximate surface area is 120 Å². The average Bonchev–Trinajstić information content (AvgIpc) is 2.42. The minimum absolute atomic E-state index is 0.186. The lowest BCUT2D eigenvalue weighted by molar-refractivity contribution is 0.492. The van der Waals surface area contributed by atoms with E-state index in [0.29, 0.717) is 0 Å². The van der Waals surface area contributed by atoms with E-state index in [1.54, 1.807) is 0 Å². The Morgan fingerprint density at radius 1 is 0.900 bits per heavy atom. The SMILES string of the molecule is Cc1ccc(C)c(C(C)NC(C)c2ccc(F)cc2)c1. The molecule has 0 aliphatic carbocycles. The molecule has 0 aliphatic heterocycles. The lowest BCUT2D eigenvalue weighted by Gasteiger charge is -2.22. The fourth-order valence-corrected chi connectivity index (χ4v) is 2.54. The molecule has 0 radical (unpaired) electrons. The van der Waals surface area contributed by atoms with Crippen LogP contribution >= 0.6 is 0 Å². The zero-order valence-electron chi connectivity index (χ0n) is 12.6. The second-order valence-electron chi connectivity index (χ2n) is 5.52. The van der Waals surface area contributed by atoms with Gasteiger partial charge < -0.3 is 5.32 Å². The minimum atomic E-state index is -0.191. The summed E-state index contributed by atoms with van der Waals surface area (Å²) in [6.45, 7) is 8.52. The maximum atomic E-state index is 13.0. The van der Waals surface area contributed by atoms with Gasteiger partial charge in [-0.2, -0.15) is 0 Å². The van der Waals surface area contributed by atoms with Crippen LogP contribution in [0.15, 0.2) is 42.5 Å². The normalized spacial score (nSPS) is 14.1.